The fourth-order valence-corrected chi connectivity index (χ4v) is 4.95. The Morgan fingerprint density at radius 1 is 0.654 bits per heavy atom. The Kier molecular flexibility index (Phi) is 5.47. The van der Waals surface area contributed by atoms with Gasteiger partial charge >= 0.3 is 0 Å². The Labute approximate surface area is 172 Å². The van der Waals surface area contributed by atoms with Crippen LogP contribution in [-0.4, -0.2) is 27.0 Å². The lowest BCUT2D eigenvalue weighted by molar-refractivity contribution is 0.580. The lowest BCUT2D eigenvalue weighted by Gasteiger charge is -2.06. The predicted octanol–water partition coefficient (Wildman–Crippen LogP) is 3.51. The van der Waals surface area contributed by atoms with Gasteiger partial charge in [-0.05, 0) is 83.3 Å². The van der Waals surface area contributed by atoms with E-state index in [1.54, 1.807) is 24.3 Å². The highest BCUT2D eigenvalue weighted by molar-refractivity contribution is 14.1. The number of aromatic nitrogens is 2. The zero-order valence-electron chi connectivity index (χ0n) is 12.9. The van der Waals surface area contributed by atoms with Gasteiger partial charge in [0.25, 0.3) is 0 Å². The third-order valence-corrected chi connectivity index (χ3v) is 7.98. The molecule has 26 heavy (non-hydrogen) atoms. The number of sulfone groups is 2. The van der Waals surface area contributed by atoms with Crippen molar-refractivity contribution in [3.8, 4) is 0 Å². The molecule has 6 nitrogen and oxygen atoms in total. The molecule has 1 heterocycles. The van der Waals surface area contributed by atoms with Gasteiger partial charge in [-0.15, -0.1) is 10.2 Å². The van der Waals surface area contributed by atoms with Crippen LogP contribution >= 0.6 is 38.5 Å². The number of halogens is 2. The Morgan fingerprint density at radius 2 is 1.04 bits per heavy atom. The van der Waals surface area contributed by atoms with Crippen molar-refractivity contribution in [3.05, 3.63) is 68.7 Å². The Hall–Kier alpha value is -1.37. The van der Waals surface area contributed by atoms with Crippen LogP contribution in [0.5, 0.6) is 0 Å². The molecule has 3 rings (SSSR count). The van der Waals surface area contributed by atoms with Gasteiger partial charge in [0, 0.05) is 8.04 Å². The normalized spacial score (nSPS) is 12.1. The van der Waals surface area contributed by atoms with Crippen LogP contribution in [0.15, 0.2) is 85.0 Å². The monoisotopic (exact) mass is 564 g/mol. The first-order valence-corrected chi connectivity index (χ1v) is 11.9. The molecular weight excluding hydrogens is 555 g/mol. The summed E-state index contributed by atoms with van der Waals surface area (Å²) >= 11 is 5.30. The maximum atomic E-state index is 12.6. The van der Waals surface area contributed by atoms with Crippen LogP contribution in [0.3, 0.4) is 0 Å². The quantitative estimate of drug-likeness (QED) is 0.450. The van der Waals surface area contributed by atoms with Gasteiger partial charge in [-0.2, -0.15) is 0 Å². The second-order valence-electron chi connectivity index (χ2n) is 5.12. The van der Waals surface area contributed by atoms with E-state index < -0.39 is 19.7 Å². The maximum absolute atomic E-state index is 12.6. The van der Waals surface area contributed by atoms with E-state index in [0.717, 1.165) is 20.2 Å². The second-order valence-corrected chi connectivity index (χ2v) is 11.1. The van der Waals surface area contributed by atoms with Gasteiger partial charge in [-0.1, -0.05) is 15.9 Å². The van der Waals surface area contributed by atoms with E-state index in [1.165, 1.54) is 24.3 Å². The Bertz CT molecular complexity index is 1050. The van der Waals surface area contributed by atoms with E-state index in [1.807, 2.05) is 0 Å². The molecule has 2 aromatic carbocycles. The average molecular weight is 565 g/mol. The van der Waals surface area contributed by atoms with Crippen molar-refractivity contribution in [2.45, 2.75) is 19.8 Å². The summed E-state index contributed by atoms with van der Waals surface area (Å²) in [6, 6.07) is 14.6. The summed E-state index contributed by atoms with van der Waals surface area (Å²) in [4.78, 5) is 0.110. The Morgan fingerprint density at radius 3 is 1.42 bits per heavy atom. The summed E-state index contributed by atoms with van der Waals surface area (Å²) in [6.45, 7) is 0. The first-order valence-electron chi connectivity index (χ1n) is 7.06. The van der Waals surface area contributed by atoms with Gasteiger partial charge in [0.1, 0.15) is 0 Å². The molecule has 0 aliphatic rings. The molecule has 10 heteroatoms. The first kappa shape index (κ1) is 19.4. The molecule has 0 spiro atoms. The second kappa shape index (κ2) is 7.33. The molecule has 1 aromatic heterocycles. The molecule has 0 unspecified atom stereocenters. The highest BCUT2D eigenvalue weighted by Gasteiger charge is 2.24. The SMILES string of the molecule is O=S(=O)(c1ccc(Br)cc1)c1ccc(S(=O)(=O)c2ccc(I)cc2)nn1. The maximum Gasteiger partial charge on any atom is 0.225 e. The molecular formula is C16H10BrIN2O4S2. The van der Waals surface area contributed by atoms with E-state index in [0.29, 0.717) is 0 Å². The van der Waals surface area contributed by atoms with Gasteiger partial charge in [0.15, 0.2) is 10.1 Å². The van der Waals surface area contributed by atoms with Gasteiger partial charge in [-0.3, -0.25) is 0 Å². The van der Waals surface area contributed by atoms with E-state index in [4.69, 9.17) is 0 Å². The van der Waals surface area contributed by atoms with Crippen molar-refractivity contribution in [1.82, 2.24) is 10.2 Å². The number of benzene rings is 2. The minimum Gasteiger partial charge on any atom is -0.217 e. The third-order valence-electron chi connectivity index (χ3n) is 3.41. The topological polar surface area (TPSA) is 94.1 Å². The number of hydrogen-bond donors (Lipinski definition) is 0. The number of hydrogen-bond acceptors (Lipinski definition) is 6. The fraction of sp³-hybridized carbons (Fsp3) is 0. The molecule has 0 bridgehead atoms. The highest BCUT2D eigenvalue weighted by atomic mass is 127. The molecule has 0 atom stereocenters. The van der Waals surface area contributed by atoms with Crippen LogP contribution in [0.4, 0.5) is 0 Å². The smallest absolute Gasteiger partial charge is 0.217 e. The van der Waals surface area contributed by atoms with Gasteiger partial charge in [0.05, 0.1) is 9.79 Å². The van der Waals surface area contributed by atoms with Crippen LogP contribution in [0.1, 0.15) is 0 Å². The molecule has 134 valence electrons. The van der Waals surface area contributed by atoms with E-state index in [2.05, 4.69) is 48.7 Å². The molecule has 0 saturated heterocycles. The summed E-state index contributed by atoms with van der Waals surface area (Å²) in [5.74, 6) is 0. The summed E-state index contributed by atoms with van der Waals surface area (Å²) < 4.78 is 51.8. The standard InChI is InChI=1S/C16H10BrIN2O4S2/c17-11-1-5-13(6-2-11)25(21,22)15-9-10-16(20-19-15)26(23,24)14-7-3-12(18)4-8-14/h1-10H. The van der Waals surface area contributed by atoms with Crippen LogP contribution in [0.25, 0.3) is 0 Å². The largest absolute Gasteiger partial charge is 0.225 e. The molecule has 3 aromatic rings. The zero-order valence-corrected chi connectivity index (χ0v) is 18.2. The molecule has 0 aliphatic heterocycles. The van der Waals surface area contributed by atoms with Crippen LogP contribution in [0, 0.1) is 3.57 Å². The lowest BCUT2D eigenvalue weighted by Crippen LogP contribution is -2.10. The van der Waals surface area contributed by atoms with Gasteiger partial charge in [-0.25, -0.2) is 16.8 Å². The number of nitrogens with zero attached hydrogens (tertiary/aromatic N) is 2. The summed E-state index contributed by atoms with van der Waals surface area (Å²) in [5, 5.41) is 6.63. The first-order chi connectivity index (χ1) is 12.2. The van der Waals surface area contributed by atoms with Crippen LogP contribution < -0.4 is 0 Å². The molecule has 0 radical (unpaired) electrons. The summed E-state index contributed by atoms with van der Waals surface area (Å²) in [5.41, 5.74) is 0. The van der Waals surface area contributed by atoms with Crippen molar-refractivity contribution in [1.29, 1.82) is 0 Å². The molecule has 0 saturated carbocycles. The number of rotatable bonds is 4. The summed E-state index contributed by atoms with van der Waals surface area (Å²) in [6.07, 6.45) is 0. The van der Waals surface area contributed by atoms with Crippen molar-refractivity contribution in [3.63, 3.8) is 0 Å². The van der Waals surface area contributed by atoms with Gasteiger partial charge in [0.2, 0.25) is 19.7 Å². The van der Waals surface area contributed by atoms with Crippen molar-refractivity contribution >= 4 is 58.2 Å². The van der Waals surface area contributed by atoms with Crippen molar-refractivity contribution < 1.29 is 16.8 Å². The predicted molar refractivity (Wildman–Crippen MR) is 106 cm³/mol. The molecule has 0 fully saturated rings. The van der Waals surface area contributed by atoms with Crippen LogP contribution in [0.2, 0.25) is 0 Å². The van der Waals surface area contributed by atoms with Crippen molar-refractivity contribution in [2.24, 2.45) is 0 Å². The van der Waals surface area contributed by atoms with E-state index in [-0.39, 0.29) is 19.8 Å². The average Bonchev–Trinajstić information content (AvgIpc) is 2.62. The minimum atomic E-state index is -3.88. The summed E-state index contributed by atoms with van der Waals surface area (Å²) in [7, 11) is -7.74. The van der Waals surface area contributed by atoms with Crippen molar-refractivity contribution in [2.75, 3.05) is 0 Å². The zero-order chi connectivity index (χ0) is 18.9. The fourth-order valence-electron chi connectivity index (χ4n) is 2.06. The molecule has 0 N–H and O–H groups in total. The minimum absolute atomic E-state index is 0.0447. The van der Waals surface area contributed by atoms with E-state index in [9.17, 15) is 16.8 Å². The lowest BCUT2D eigenvalue weighted by atomic mass is 10.4. The van der Waals surface area contributed by atoms with E-state index >= 15 is 0 Å². The highest BCUT2D eigenvalue weighted by Crippen LogP contribution is 2.23. The molecule has 0 amide bonds. The van der Waals surface area contributed by atoms with Crippen LogP contribution in [-0.2, 0) is 19.7 Å². The third kappa shape index (κ3) is 3.82. The van der Waals surface area contributed by atoms with Gasteiger partial charge < -0.3 is 0 Å². The molecule has 0 aliphatic carbocycles. The Balaban J connectivity index is 1.98.